The SMILES string of the molecule is CCCCCCCNC(=O)/C(C#N)=C/c1ccc(O)cc1. The highest BCUT2D eigenvalue weighted by Gasteiger charge is 2.08. The largest absolute Gasteiger partial charge is 0.508 e. The predicted molar refractivity (Wildman–Crippen MR) is 83.5 cm³/mol. The van der Waals surface area contributed by atoms with E-state index in [1.54, 1.807) is 12.1 Å². The molecule has 0 saturated heterocycles. The Kier molecular flexibility index (Phi) is 7.67. The molecule has 0 fully saturated rings. The summed E-state index contributed by atoms with van der Waals surface area (Å²) in [5.74, 6) is -0.191. The molecule has 1 amide bonds. The summed E-state index contributed by atoms with van der Waals surface area (Å²) >= 11 is 0. The second-order valence-corrected chi connectivity index (χ2v) is 4.93. The van der Waals surface area contributed by atoms with Gasteiger partial charge in [0.05, 0.1) is 0 Å². The van der Waals surface area contributed by atoms with Crippen molar-refractivity contribution in [1.29, 1.82) is 5.26 Å². The van der Waals surface area contributed by atoms with Crippen molar-refractivity contribution in [3.05, 3.63) is 35.4 Å². The molecule has 0 aliphatic carbocycles. The van der Waals surface area contributed by atoms with Crippen LogP contribution in [0, 0.1) is 11.3 Å². The number of nitrogens with one attached hydrogen (secondary N) is 1. The predicted octanol–water partition coefficient (Wildman–Crippen LogP) is 3.39. The first-order chi connectivity index (χ1) is 10.2. The van der Waals surface area contributed by atoms with Gasteiger partial charge in [0.15, 0.2) is 0 Å². The Morgan fingerprint density at radius 1 is 1.24 bits per heavy atom. The minimum atomic E-state index is -0.346. The Labute approximate surface area is 126 Å². The summed E-state index contributed by atoms with van der Waals surface area (Å²) < 4.78 is 0. The van der Waals surface area contributed by atoms with Crippen LogP contribution in [0.25, 0.3) is 6.08 Å². The molecule has 1 aromatic carbocycles. The van der Waals surface area contributed by atoms with E-state index in [0.29, 0.717) is 12.1 Å². The van der Waals surface area contributed by atoms with Crippen molar-refractivity contribution in [2.24, 2.45) is 0 Å². The second kappa shape index (κ2) is 9.60. The molecule has 2 N–H and O–H groups in total. The normalized spacial score (nSPS) is 11.0. The molecule has 0 unspecified atom stereocenters. The smallest absolute Gasteiger partial charge is 0.261 e. The number of phenols is 1. The standard InChI is InChI=1S/C17H22N2O2/c1-2-3-4-5-6-11-19-17(21)15(13-18)12-14-7-9-16(20)10-8-14/h7-10,12,20H,2-6,11H2,1H3,(H,19,21)/b15-12+. The van der Waals surface area contributed by atoms with Crippen molar-refractivity contribution >= 4 is 12.0 Å². The van der Waals surface area contributed by atoms with Crippen LogP contribution in [0.5, 0.6) is 5.75 Å². The summed E-state index contributed by atoms with van der Waals surface area (Å²) in [6.45, 7) is 2.76. The zero-order valence-corrected chi connectivity index (χ0v) is 12.4. The third-order valence-electron chi connectivity index (χ3n) is 3.14. The van der Waals surface area contributed by atoms with Gasteiger partial charge >= 0.3 is 0 Å². The number of phenolic OH excluding ortho intramolecular Hbond substituents is 1. The summed E-state index contributed by atoms with van der Waals surface area (Å²) in [6, 6.07) is 8.27. The van der Waals surface area contributed by atoms with Gasteiger partial charge in [-0.05, 0) is 30.2 Å². The summed E-state index contributed by atoms with van der Waals surface area (Å²) in [7, 11) is 0. The Hall–Kier alpha value is -2.28. The van der Waals surface area contributed by atoms with Crippen LogP contribution in [0.2, 0.25) is 0 Å². The molecule has 0 atom stereocenters. The fourth-order valence-corrected chi connectivity index (χ4v) is 1.91. The summed E-state index contributed by atoms with van der Waals surface area (Å²) in [6.07, 6.45) is 7.15. The monoisotopic (exact) mass is 286 g/mol. The minimum Gasteiger partial charge on any atom is -0.508 e. The molecule has 0 aliphatic heterocycles. The average molecular weight is 286 g/mol. The van der Waals surface area contributed by atoms with Crippen molar-refractivity contribution < 1.29 is 9.90 Å². The number of carbonyl (C=O) groups is 1. The summed E-state index contributed by atoms with van der Waals surface area (Å²) in [5.41, 5.74) is 0.789. The van der Waals surface area contributed by atoms with Crippen LogP contribution in [-0.2, 0) is 4.79 Å². The fourth-order valence-electron chi connectivity index (χ4n) is 1.91. The molecule has 4 nitrogen and oxygen atoms in total. The van der Waals surface area contributed by atoms with Crippen LogP contribution < -0.4 is 5.32 Å². The molecule has 0 spiro atoms. The fraction of sp³-hybridized carbons (Fsp3) is 0.412. The Bertz CT molecular complexity index is 513. The maximum absolute atomic E-state index is 11.9. The lowest BCUT2D eigenvalue weighted by molar-refractivity contribution is -0.117. The Balaban J connectivity index is 2.46. The van der Waals surface area contributed by atoms with Crippen LogP contribution in [0.4, 0.5) is 0 Å². The number of carbonyl (C=O) groups excluding carboxylic acids is 1. The van der Waals surface area contributed by atoms with E-state index in [0.717, 1.165) is 12.8 Å². The lowest BCUT2D eigenvalue weighted by Gasteiger charge is -2.04. The minimum absolute atomic E-state index is 0.0780. The topological polar surface area (TPSA) is 73.1 Å². The number of nitrogens with zero attached hydrogens (tertiary/aromatic N) is 1. The van der Waals surface area contributed by atoms with E-state index in [-0.39, 0.29) is 17.2 Å². The van der Waals surface area contributed by atoms with Crippen molar-refractivity contribution in [1.82, 2.24) is 5.32 Å². The molecule has 4 heteroatoms. The third kappa shape index (κ3) is 6.62. The number of hydrogen-bond donors (Lipinski definition) is 2. The number of nitriles is 1. The van der Waals surface area contributed by atoms with Crippen LogP contribution in [0.3, 0.4) is 0 Å². The summed E-state index contributed by atoms with van der Waals surface area (Å²) in [5, 5.41) is 21.0. The van der Waals surface area contributed by atoms with Crippen LogP contribution >= 0.6 is 0 Å². The first kappa shape index (κ1) is 16.8. The van der Waals surface area contributed by atoms with E-state index in [2.05, 4.69) is 12.2 Å². The van der Waals surface area contributed by atoms with Gasteiger partial charge in [-0.1, -0.05) is 44.7 Å². The lowest BCUT2D eigenvalue weighted by atomic mass is 10.1. The van der Waals surface area contributed by atoms with Crippen LogP contribution in [0.1, 0.15) is 44.6 Å². The maximum Gasteiger partial charge on any atom is 0.261 e. The van der Waals surface area contributed by atoms with Gasteiger partial charge in [-0.3, -0.25) is 4.79 Å². The number of unbranched alkanes of at least 4 members (excludes halogenated alkanes) is 4. The molecule has 21 heavy (non-hydrogen) atoms. The number of hydrogen-bond acceptors (Lipinski definition) is 3. The maximum atomic E-state index is 11.9. The van der Waals surface area contributed by atoms with Crippen molar-refractivity contribution in [2.75, 3.05) is 6.54 Å². The molecule has 0 aliphatic rings. The zero-order valence-electron chi connectivity index (χ0n) is 12.4. The van der Waals surface area contributed by atoms with E-state index < -0.39 is 0 Å². The lowest BCUT2D eigenvalue weighted by Crippen LogP contribution is -2.25. The van der Waals surface area contributed by atoms with Gasteiger partial charge < -0.3 is 10.4 Å². The highest BCUT2D eigenvalue weighted by molar-refractivity contribution is 6.01. The van der Waals surface area contributed by atoms with E-state index >= 15 is 0 Å². The molecule has 1 rings (SSSR count). The molecule has 0 saturated carbocycles. The number of benzene rings is 1. The van der Waals surface area contributed by atoms with Crippen molar-refractivity contribution in [2.45, 2.75) is 39.0 Å². The Morgan fingerprint density at radius 2 is 1.90 bits per heavy atom. The third-order valence-corrected chi connectivity index (χ3v) is 3.14. The zero-order chi connectivity index (χ0) is 15.5. The van der Waals surface area contributed by atoms with E-state index in [9.17, 15) is 9.90 Å². The first-order valence-corrected chi connectivity index (χ1v) is 7.36. The molecular weight excluding hydrogens is 264 g/mol. The Morgan fingerprint density at radius 3 is 2.52 bits per heavy atom. The molecular formula is C17H22N2O2. The van der Waals surface area contributed by atoms with Crippen LogP contribution in [-0.4, -0.2) is 17.6 Å². The van der Waals surface area contributed by atoms with Gasteiger partial charge in [-0.25, -0.2) is 0 Å². The average Bonchev–Trinajstić information content (AvgIpc) is 2.50. The van der Waals surface area contributed by atoms with E-state index in [1.807, 2.05) is 6.07 Å². The molecule has 0 bridgehead atoms. The van der Waals surface area contributed by atoms with Gasteiger partial charge in [0.2, 0.25) is 0 Å². The molecule has 0 radical (unpaired) electrons. The molecule has 112 valence electrons. The van der Waals surface area contributed by atoms with Gasteiger partial charge in [0, 0.05) is 6.54 Å². The molecule has 1 aromatic rings. The number of aromatic hydroxyl groups is 1. The highest BCUT2D eigenvalue weighted by atomic mass is 16.3. The van der Waals surface area contributed by atoms with Crippen molar-refractivity contribution in [3.8, 4) is 11.8 Å². The molecule has 0 heterocycles. The van der Waals surface area contributed by atoms with E-state index in [1.165, 1.54) is 37.5 Å². The van der Waals surface area contributed by atoms with Crippen LogP contribution in [0.15, 0.2) is 29.8 Å². The number of rotatable bonds is 8. The van der Waals surface area contributed by atoms with Gasteiger partial charge in [0.25, 0.3) is 5.91 Å². The van der Waals surface area contributed by atoms with E-state index in [4.69, 9.17) is 5.26 Å². The quantitative estimate of drug-likeness (QED) is 0.437. The van der Waals surface area contributed by atoms with Crippen molar-refractivity contribution in [3.63, 3.8) is 0 Å². The molecule has 0 aromatic heterocycles. The van der Waals surface area contributed by atoms with Gasteiger partial charge in [-0.2, -0.15) is 5.26 Å². The highest BCUT2D eigenvalue weighted by Crippen LogP contribution is 2.12. The second-order valence-electron chi connectivity index (χ2n) is 4.93. The summed E-state index contributed by atoms with van der Waals surface area (Å²) in [4.78, 5) is 11.9. The first-order valence-electron chi connectivity index (χ1n) is 7.36. The van der Waals surface area contributed by atoms with Gasteiger partial charge in [-0.15, -0.1) is 0 Å². The van der Waals surface area contributed by atoms with Gasteiger partial charge in [0.1, 0.15) is 17.4 Å². The number of amides is 1.